The van der Waals surface area contributed by atoms with Gasteiger partial charge in [0.15, 0.2) is 0 Å². The van der Waals surface area contributed by atoms with E-state index in [9.17, 15) is 5.11 Å². The van der Waals surface area contributed by atoms with Crippen molar-refractivity contribution >= 4 is 27.8 Å². The molecule has 4 aromatic rings. The maximum Gasteiger partial charge on any atom is 0.0682 e. The Balaban J connectivity index is 1.89. The molecule has 4 aromatic carbocycles. The van der Waals surface area contributed by atoms with Crippen molar-refractivity contribution in [2.24, 2.45) is 0 Å². The normalized spacial score (nSPS) is 10.8. The second-order valence-corrected chi connectivity index (χ2v) is 6.03. The highest BCUT2D eigenvalue weighted by Crippen LogP contribution is 2.36. The van der Waals surface area contributed by atoms with E-state index < -0.39 is 0 Å². The number of fused-ring (bicyclic) bond motifs is 1. The van der Waals surface area contributed by atoms with Gasteiger partial charge < -0.3 is 10.0 Å². The molecular formula is C23H19NO. The van der Waals surface area contributed by atoms with Crippen LogP contribution in [0.25, 0.3) is 10.8 Å². The van der Waals surface area contributed by atoms with Crippen molar-refractivity contribution in [1.82, 2.24) is 0 Å². The van der Waals surface area contributed by atoms with E-state index in [4.69, 9.17) is 0 Å². The van der Waals surface area contributed by atoms with Crippen molar-refractivity contribution in [1.29, 1.82) is 0 Å². The molecule has 0 aliphatic carbocycles. The molecule has 0 spiro atoms. The number of hydrogen-bond donors (Lipinski definition) is 1. The molecule has 0 aromatic heterocycles. The molecule has 0 saturated carbocycles. The minimum absolute atomic E-state index is 0.0359. The van der Waals surface area contributed by atoms with Crippen LogP contribution in [0.1, 0.15) is 5.56 Å². The zero-order valence-corrected chi connectivity index (χ0v) is 13.8. The summed E-state index contributed by atoms with van der Waals surface area (Å²) in [5.41, 5.74) is 4.13. The minimum atomic E-state index is 0.0359. The van der Waals surface area contributed by atoms with E-state index in [2.05, 4.69) is 65.6 Å². The van der Waals surface area contributed by atoms with Crippen LogP contribution in [0.3, 0.4) is 0 Å². The standard InChI is InChI=1S/C23H19NO/c25-17-18-7-6-12-22(15-18)24(21-10-2-1-3-11-21)23-14-13-19-8-4-5-9-20(19)16-23/h1-16,25H,17H2. The van der Waals surface area contributed by atoms with Crippen LogP contribution in [0.4, 0.5) is 17.1 Å². The Labute approximate surface area is 147 Å². The summed E-state index contributed by atoms with van der Waals surface area (Å²) in [7, 11) is 0. The van der Waals surface area contributed by atoms with Crippen LogP contribution in [0.2, 0.25) is 0 Å². The number of para-hydroxylation sites is 1. The zero-order chi connectivity index (χ0) is 17.1. The summed E-state index contributed by atoms with van der Waals surface area (Å²) >= 11 is 0. The van der Waals surface area contributed by atoms with E-state index in [1.54, 1.807) is 0 Å². The van der Waals surface area contributed by atoms with E-state index in [1.807, 2.05) is 36.4 Å². The molecule has 0 aliphatic heterocycles. The molecule has 2 heteroatoms. The van der Waals surface area contributed by atoms with Gasteiger partial charge in [0, 0.05) is 17.1 Å². The van der Waals surface area contributed by atoms with Crippen molar-refractivity contribution < 1.29 is 5.11 Å². The number of rotatable bonds is 4. The van der Waals surface area contributed by atoms with Crippen LogP contribution >= 0.6 is 0 Å². The third-order valence-electron chi connectivity index (χ3n) is 4.36. The quantitative estimate of drug-likeness (QED) is 0.512. The first-order valence-electron chi connectivity index (χ1n) is 8.39. The van der Waals surface area contributed by atoms with Gasteiger partial charge in [0.05, 0.1) is 6.61 Å². The van der Waals surface area contributed by atoms with Crippen LogP contribution < -0.4 is 4.90 Å². The Bertz CT molecular complexity index is 995. The second-order valence-electron chi connectivity index (χ2n) is 6.03. The third-order valence-corrected chi connectivity index (χ3v) is 4.36. The molecule has 0 fully saturated rings. The van der Waals surface area contributed by atoms with Crippen LogP contribution in [0.15, 0.2) is 97.1 Å². The van der Waals surface area contributed by atoms with Crippen LogP contribution in [-0.4, -0.2) is 5.11 Å². The second kappa shape index (κ2) is 6.80. The third kappa shape index (κ3) is 3.12. The first-order valence-corrected chi connectivity index (χ1v) is 8.39. The van der Waals surface area contributed by atoms with Crippen molar-refractivity contribution in [2.45, 2.75) is 6.61 Å². The maximum atomic E-state index is 9.51. The van der Waals surface area contributed by atoms with Crippen LogP contribution in [-0.2, 0) is 6.61 Å². The van der Waals surface area contributed by atoms with Gasteiger partial charge in [-0.25, -0.2) is 0 Å². The van der Waals surface area contributed by atoms with E-state index in [1.165, 1.54) is 10.8 Å². The lowest BCUT2D eigenvalue weighted by Crippen LogP contribution is -2.10. The summed E-state index contributed by atoms with van der Waals surface area (Å²) < 4.78 is 0. The number of aliphatic hydroxyl groups excluding tert-OH is 1. The van der Waals surface area contributed by atoms with Gasteiger partial charge in [0.1, 0.15) is 0 Å². The van der Waals surface area contributed by atoms with E-state index in [0.717, 1.165) is 22.6 Å². The SMILES string of the molecule is OCc1cccc(N(c2ccccc2)c2ccc3ccccc3c2)c1. The molecule has 0 amide bonds. The van der Waals surface area contributed by atoms with Gasteiger partial charge in [-0.15, -0.1) is 0 Å². The monoisotopic (exact) mass is 325 g/mol. The first-order chi connectivity index (χ1) is 12.3. The van der Waals surface area contributed by atoms with Crippen molar-refractivity contribution in [3.63, 3.8) is 0 Å². The summed E-state index contributed by atoms with van der Waals surface area (Å²) in [6.45, 7) is 0.0359. The molecule has 0 bridgehead atoms. The minimum Gasteiger partial charge on any atom is -0.392 e. The molecule has 0 atom stereocenters. The van der Waals surface area contributed by atoms with Crippen molar-refractivity contribution in [2.75, 3.05) is 4.90 Å². The van der Waals surface area contributed by atoms with Crippen LogP contribution in [0, 0.1) is 0 Å². The smallest absolute Gasteiger partial charge is 0.0682 e. The number of benzene rings is 4. The van der Waals surface area contributed by atoms with Gasteiger partial charge in [-0.3, -0.25) is 0 Å². The average Bonchev–Trinajstić information content (AvgIpc) is 2.69. The lowest BCUT2D eigenvalue weighted by Gasteiger charge is -2.26. The molecule has 0 saturated heterocycles. The lowest BCUT2D eigenvalue weighted by molar-refractivity contribution is 0.282. The number of hydrogen-bond acceptors (Lipinski definition) is 2. The molecule has 0 aliphatic rings. The number of nitrogens with zero attached hydrogens (tertiary/aromatic N) is 1. The molecule has 0 unspecified atom stereocenters. The van der Waals surface area contributed by atoms with Gasteiger partial charge in [-0.1, -0.05) is 60.7 Å². The molecular weight excluding hydrogens is 306 g/mol. The maximum absolute atomic E-state index is 9.51. The topological polar surface area (TPSA) is 23.5 Å². The Hall–Kier alpha value is -3.10. The molecule has 1 N–H and O–H groups in total. The summed E-state index contributed by atoms with van der Waals surface area (Å²) in [6.07, 6.45) is 0. The highest BCUT2D eigenvalue weighted by molar-refractivity contribution is 5.89. The van der Waals surface area contributed by atoms with Gasteiger partial charge >= 0.3 is 0 Å². The molecule has 2 nitrogen and oxygen atoms in total. The largest absolute Gasteiger partial charge is 0.392 e. The van der Waals surface area contributed by atoms with Gasteiger partial charge in [-0.2, -0.15) is 0 Å². The lowest BCUT2D eigenvalue weighted by atomic mass is 10.1. The first kappa shape index (κ1) is 15.4. The number of anilines is 3. The Morgan fingerprint density at radius 2 is 1.24 bits per heavy atom. The highest BCUT2D eigenvalue weighted by atomic mass is 16.3. The van der Waals surface area contributed by atoms with E-state index >= 15 is 0 Å². The Morgan fingerprint density at radius 3 is 2.04 bits per heavy atom. The van der Waals surface area contributed by atoms with E-state index in [0.29, 0.717) is 0 Å². The predicted octanol–water partition coefficient (Wildman–Crippen LogP) is 5.80. The molecule has 25 heavy (non-hydrogen) atoms. The van der Waals surface area contributed by atoms with Crippen molar-refractivity contribution in [3.8, 4) is 0 Å². The fourth-order valence-corrected chi connectivity index (χ4v) is 3.13. The average molecular weight is 325 g/mol. The summed E-state index contributed by atoms with van der Waals surface area (Å²) in [6, 6.07) is 33.2. The van der Waals surface area contributed by atoms with Gasteiger partial charge in [0.2, 0.25) is 0 Å². The Kier molecular flexibility index (Phi) is 4.19. The Morgan fingerprint density at radius 1 is 0.560 bits per heavy atom. The van der Waals surface area contributed by atoms with E-state index in [-0.39, 0.29) is 6.61 Å². The number of aliphatic hydroxyl groups is 1. The fraction of sp³-hybridized carbons (Fsp3) is 0.0435. The summed E-state index contributed by atoms with van der Waals surface area (Å²) in [4.78, 5) is 2.21. The highest BCUT2D eigenvalue weighted by Gasteiger charge is 2.12. The fourth-order valence-electron chi connectivity index (χ4n) is 3.13. The van der Waals surface area contributed by atoms with Crippen LogP contribution in [0.5, 0.6) is 0 Å². The van der Waals surface area contributed by atoms with Crippen molar-refractivity contribution in [3.05, 3.63) is 103 Å². The summed E-state index contributed by atoms with van der Waals surface area (Å²) in [5.74, 6) is 0. The molecule has 0 radical (unpaired) electrons. The van der Waals surface area contributed by atoms with Gasteiger partial charge in [-0.05, 0) is 52.7 Å². The predicted molar refractivity (Wildman–Crippen MR) is 105 cm³/mol. The van der Waals surface area contributed by atoms with Gasteiger partial charge in [0.25, 0.3) is 0 Å². The zero-order valence-electron chi connectivity index (χ0n) is 13.8. The molecule has 4 rings (SSSR count). The molecule has 122 valence electrons. The summed E-state index contributed by atoms with van der Waals surface area (Å²) in [5, 5.41) is 11.9. The molecule has 0 heterocycles.